The van der Waals surface area contributed by atoms with Crippen LogP contribution in [0.15, 0.2) is 65.6 Å². The largest absolute Gasteiger partial charge is 0.350 e. The van der Waals surface area contributed by atoms with Crippen LogP contribution in [0.3, 0.4) is 0 Å². The molecule has 3 heterocycles. The lowest BCUT2D eigenvalue weighted by atomic mass is 9.99. The van der Waals surface area contributed by atoms with Crippen molar-refractivity contribution in [2.24, 2.45) is 7.05 Å². The molecule has 0 fully saturated rings. The van der Waals surface area contributed by atoms with E-state index in [9.17, 15) is 4.79 Å². The third-order valence-corrected chi connectivity index (χ3v) is 6.01. The van der Waals surface area contributed by atoms with Gasteiger partial charge in [0.25, 0.3) is 5.56 Å². The lowest BCUT2D eigenvalue weighted by molar-refractivity contribution is 0.287. The number of rotatable bonds is 5. The van der Waals surface area contributed by atoms with Gasteiger partial charge in [0.05, 0.1) is 5.39 Å². The van der Waals surface area contributed by atoms with Gasteiger partial charge in [-0.2, -0.15) is 0 Å². The first-order valence-electron chi connectivity index (χ1n) is 10.5. The van der Waals surface area contributed by atoms with Crippen LogP contribution in [0.1, 0.15) is 18.4 Å². The second-order valence-corrected chi connectivity index (χ2v) is 7.94. The van der Waals surface area contributed by atoms with Crippen molar-refractivity contribution in [3.63, 3.8) is 0 Å². The predicted octanol–water partition coefficient (Wildman–Crippen LogP) is 3.46. The Balaban J connectivity index is 1.23. The maximum Gasteiger partial charge on any atom is 0.277 e. The molecule has 6 heteroatoms. The second kappa shape index (κ2) is 7.88. The summed E-state index contributed by atoms with van der Waals surface area (Å²) < 4.78 is 3.70. The molecule has 2 aromatic carbocycles. The third kappa shape index (κ3) is 3.44. The zero-order valence-corrected chi connectivity index (χ0v) is 17.2. The number of fused-ring (bicyclic) bond motifs is 2. The molecule has 0 aliphatic carbocycles. The summed E-state index contributed by atoms with van der Waals surface area (Å²) in [4.78, 5) is 15.0. The molecule has 6 nitrogen and oxygen atoms in total. The number of aromatic nitrogens is 4. The van der Waals surface area contributed by atoms with Crippen LogP contribution in [-0.4, -0.2) is 44.1 Å². The van der Waals surface area contributed by atoms with Crippen molar-refractivity contribution in [1.29, 1.82) is 0 Å². The molecule has 4 aromatic rings. The Morgan fingerprint density at radius 2 is 1.80 bits per heavy atom. The summed E-state index contributed by atoms with van der Waals surface area (Å²) in [6.45, 7) is 3.51. The van der Waals surface area contributed by atoms with Crippen molar-refractivity contribution in [1.82, 2.24) is 24.5 Å². The highest BCUT2D eigenvalue weighted by molar-refractivity contribution is 5.93. The Morgan fingerprint density at radius 3 is 2.63 bits per heavy atom. The molecule has 0 saturated heterocycles. The number of aryl methyl sites for hydroxylation is 2. The lowest BCUT2D eigenvalue weighted by Crippen LogP contribution is -2.31. The maximum absolute atomic E-state index is 12.6. The van der Waals surface area contributed by atoms with Gasteiger partial charge in [0.2, 0.25) is 0 Å². The summed E-state index contributed by atoms with van der Waals surface area (Å²) in [5.41, 5.74) is 4.65. The average Bonchev–Trinajstić information content (AvgIpc) is 3.13. The van der Waals surface area contributed by atoms with Gasteiger partial charge in [-0.3, -0.25) is 9.69 Å². The molecule has 0 saturated carbocycles. The summed E-state index contributed by atoms with van der Waals surface area (Å²) in [6.07, 6.45) is 6.53. The minimum atomic E-state index is -0.0580. The topological polar surface area (TPSA) is 56.0 Å². The van der Waals surface area contributed by atoms with Crippen molar-refractivity contribution >= 4 is 27.4 Å². The summed E-state index contributed by atoms with van der Waals surface area (Å²) >= 11 is 0. The van der Waals surface area contributed by atoms with E-state index >= 15 is 0 Å². The molecule has 30 heavy (non-hydrogen) atoms. The van der Waals surface area contributed by atoms with Gasteiger partial charge < -0.3 is 4.57 Å². The second-order valence-electron chi connectivity index (χ2n) is 7.94. The fraction of sp³-hybridized carbons (Fsp3) is 0.292. The normalized spacial score (nSPS) is 15.0. The molecular formula is C24H25N5O. The first-order chi connectivity index (χ1) is 14.7. The minimum absolute atomic E-state index is 0.0580. The monoisotopic (exact) mass is 399 g/mol. The molecule has 0 spiro atoms. The Labute approximate surface area is 175 Å². The fourth-order valence-corrected chi connectivity index (χ4v) is 4.37. The molecule has 5 rings (SSSR count). The van der Waals surface area contributed by atoms with E-state index in [-0.39, 0.29) is 5.56 Å². The first-order valence-corrected chi connectivity index (χ1v) is 10.5. The molecule has 152 valence electrons. The number of para-hydroxylation sites is 1. The highest BCUT2D eigenvalue weighted by atomic mass is 16.1. The zero-order valence-electron chi connectivity index (χ0n) is 17.2. The van der Waals surface area contributed by atoms with Gasteiger partial charge in [0.1, 0.15) is 5.52 Å². The van der Waals surface area contributed by atoms with E-state index < -0.39 is 0 Å². The SMILES string of the molecule is Cn1cc(C2=CCN(CCCn3nnc4ccccc4c3=O)CC2)c2ccccc21. The van der Waals surface area contributed by atoms with Crippen LogP contribution >= 0.6 is 0 Å². The van der Waals surface area contributed by atoms with E-state index in [1.54, 1.807) is 0 Å². The van der Waals surface area contributed by atoms with Crippen molar-refractivity contribution in [3.8, 4) is 0 Å². The average molecular weight is 399 g/mol. The van der Waals surface area contributed by atoms with E-state index in [4.69, 9.17) is 0 Å². The van der Waals surface area contributed by atoms with Gasteiger partial charge in [-0.1, -0.05) is 41.6 Å². The van der Waals surface area contributed by atoms with Gasteiger partial charge in [0, 0.05) is 55.9 Å². The summed E-state index contributed by atoms with van der Waals surface area (Å²) in [5.74, 6) is 0. The highest BCUT2D eigenvalue weighted by Crippen LogP contribution is 2.30. The maximum atomic E-state index is 12.6. The molecular weight excluding hydrogens is 374 g/mol. The molecule has 2 aromatic heterocycles. The van der Waals surface area contributed by atoms with Gasteiger partial charge >= 0.3 is 0 Å². The number of nitrogens with zero attached hydrogens (tertiary/aromatic N) is 5. The Morgan fingerprint density at radius 1 is 1.00 bits per heavy atom. The van der Waals surface area contributed by atoms with E-state index in [0.717, 1.165) is 32.5 Å². The van der Waals surface area contributed by atoms with Crippen molar-refractivity contribution in [3.05, 3.63) is 76.7 Å². The van der Waals surface area contributed by atoms with Crippen molar-refractivity contribution in [2.75, 3.05) is 19.6 Å². The molecule has 1 aliphatic rings. The number of hydrogen-bond acceptors (Lipinski definition) is 4. The van der Waals surface area contributed by atoms with E-state index in [2.05, 4.69) is 63.4 Å². The van der Waals surface area contributed by atoms with E-state index in [0.29, 0.717) is 17.4 Å². The zero-order chi connectivity index (χ0) is 20.5. The van der Waals surface area contributed by atoms with Gasteiger partial charge in [0.15, 0.2) is 0 Å². The first kappa shape index (κ1) is 18.8. The van der Waals surface area contributed by atoms with E-state index in [1.165, 1.54) is 26.7 Å². The Bertz CT molecular complexity index is 1300. The van der Waals surface area contributed by atoms with Crippen LogP contribution in [0, 0.1) is 0 Å². The van der Waals surface area contributed by atoms with Crippen LogP contribution in [0.25, 0.3) is 27.4 Å². The Hall–Kier alpha value is -3.25. The standard InChI is InChI=1S/C24H25N5O/c1-27-17-21(19-7-3-5-10-23(19)27)18-11-15-28(16-12-18)13-6-14-29-24(30)20-8-2-4-9-22(20)25-26-29/h2-5,7-11,17H,6,12-16H2,1H3. The van der Waals surface area contributed by atoms with Gasteiger partial charge in [-0.25, -0.2) is 4.68 Å². The molecule has 1 aliphatic heterocycles. The molecule has 0 N–H and O–H groups in total. The smallest absolute Gasteiger partial charge is 0.277 e. The van der Waals surface area contributed by atoms with Crippen molar-refractivity contribution < 1.29 is 0 Å². The quantitative estimate of drug-likeness (QED) is 0.516. The number of hydrogen-bond donors (Lipinski definition) is 0. The molecule has 0 atom stereocenters. The van der Waals surface area contributed by atoms with E-state index in [1.807, 2.05) is 24.3 Å². The summed E-state index contributed by atoms with van der Waals surface area (Å²) in [5, 5.41) is 10.2. The molecule has 0 amide bonds. The van der Waals surface area contributed by atoms with Crippen LogP contribution < -0.4 is 5.56 Å². The molecule has 0 radical (unpaired) electrons. The lowest BCUT2D eigenvalue weighted by Gasteiger charge is -2.26. The minimum Gasteiger partial charge on any atom is -0.350 e. The summed E-state index contributed by atoms with van der Waals surface area (Å²) in [6, 6.07) is 16.0. The molecule has 0 bridgehead atoms. The fourth-order valence-electron chi connectivity index (χ4n) is 4.37. The number of benzene rings is 2. The van der Waals surface area contributed by atoms with Crippen LogP contribution in [0.5, 0.6) is 0 Å². The molecule has 0 unspecified atom stereocenters. The van der Waals surface area contributed by atoms with Crippen LogP contribution in [0.2, 0.25) is 0 Å². The third-order valence-electron chi connectivity index (χ3n) is 6.01. The highest BCUT2D eigenvalue weighted by Gasteiger charge is 2.16. The van der Waals surface area contributed by atoms with Gasteiger partial charge in [-0.15, -0.1) is 5.10 Å². The predicted molar refractivity (Wildman–Crippen MR) is 120 cm³/mol. The van der Waals surface area contributed by atoms with Crippen LogP contribution in [-0.2, 0) is 13.6 Å². The van der Waals surface area contributed by atoms with Gasteiger partial charge in [-0.05, 0) is 36.6 Å². The Kier molecular flexibility index (Phi) is 4.93. The summed E-state index contributed by atoms with van der Waals surface area (Å²) in [7, 11) is 2.11. The van der Waals surface area contributed by atoms with Crippen LogP contribution in [0.4, 0.5) is 0 Å². The van der Waals surface area contributed by atoms with Crippen molar-refractivity contribution in [2.45, 2.75) is 19.4 Å².